The number of nitrogens with zero attached hydrogens (tertiary/aromatic N) is 2. The Morgan fingerprint density at radius 1 is 1.50 bits per heavy atom. The number of aryl methyl sites for hydroxylation is 1. The summed E-state index contributed by atoms with van der Waals surface area (Å²) < 4.78 is 5.66. The molecule has 0 atom stereocenters. The first-order valence-electron chi connectivity index (χ1n) is 6.71. The Balaban J connectivity index is 1.72. The molecule has 1 N–H and O–H groups in total. The lowest BCUT2D eigenvalue weighted by Gasteiger charge is -2.27. The topological polar surface area (TPSA) is 58.4 Å². The minimum absolute atomic E-state index is 0.125. The van der Waals surface area contributed by atoms with Gasteiger partial charge in [0.1, 0.15) is 5.76 Å². The molecule has 0 aromatic carbocycles. The molecule has 1 fully saturated rings. The van der Waals surface area contributed by atoms with Crippen molar-refractivity contribution in [1.82, 2.24) is 15.2 Å². The van der Waals surface area contributed by atoms with Crippen LogP contribution in [-0.4, -0.2) is 42.0 Å². The molecule has 1 aliphatic rings. The predicted octanol–water partition coefficient (Wildman–Crippen LogP) is 1.69. The van der Waals surface area contributed by atoms with Crippen molar-refractivity contribution in [3.05, 3.63) is 28.3 Å². The van der Waals surface area contributed by atoms with Crippen LogP contribution in [0.2, 0.25) is 0 Å². The number of oxazole rings is 1. The van der Waals surface area contributed by atoms with Crippen LogP contribution in [0.25, 0.3) is 11.5 Å². The van der Waals surface area contributed by atoms with Crippen molar-refractivity contribution in [1.29, 1.82) is 0 Å². The van der Waals surface area contributed by atoms with Gasteiger partial charge in [-0.2, -0.15) is 11.3 Å². The summed E-state index contributed by atoms with van der Waals surface area (Å²) in [5.41, 5.74) is 1.72. The summed E-state index contributed by atoms with van der Waals surface area (Å²) in [7, 11) is 0. The molecule has 2 aromatic heterocycles. The van der Waals surface area contributed by atoms with Gasteiger partial charge < -0.3 is 14.6 Å². The van der Waals surface area contributed by atoms with Gasteiger partial charge in [-0.3, -0.25) is 4.79 Å². The standard InChI is InChI=1S/C14H17N3O2S/c1-10-12(8-13(18)17-5-3-15-4-6-17)16-14(19-10)11-2-7-20-9-11/h2,7,9,15H,3-6,8H2,1H3. The normalized spacial score (nSPS) is 15.6. The Morgan fingerprint density at radius 3 is 3.00 bits per heavy atom. The number of amides is 1. The highest BCUT2D eigenvalue weighted by molar-refractivity contribution is 7.08. The van der Waals surface area contributed by atoms with E-state index in [2.05, 4.69) is 10.3 Å². The number of rotatable bonds is 3. The SMILES string of the molecule is Cc1oc(-c2ccsc2)nc1CC(=O)N1CCNCC1. The average molecular weight is 291 g/mol. The predicted molar refractivity (Wildman–Crippen MR) is 77.7 cm³/mol. The maximum absolute atomic E-state index is 12.2. The van der Waals surface area contributed by atoms with E-state index in [4.69, 9.17) is 4.42 Å². The van der Waals surface area contributed by atoms with Crippen molar-refractivity contribution in [2.45, 2.75) is 13.3 Å². The van der Waals surface area contributed by atoms with Crippen LogP contribution in [0, 0.1) is 6.92 Å². The maximum atomic E-state index is 12.2. The quantitative estimate of drug-likeness (QED) is 0.935. The second-order valence-electron chi connectivity index (χ2n) is 4.84. The van der Waals surface area contributed by atoms with Crippen molar-refractivity contribution in [2.75, 3.05) is 26.2 Å². The summed E-state index contributed by atoms with van der Waals surface area (Å²) in [4.78, 5) is 18.6. The molecule has 0 aliphatic carbocycles. The number of piperazine rings is 1. The summed E-state index contributed by atoms with van der Waals surface area (Å²) in [6.07, 6.45) is 0.319. The highest BCUT2D eigenvalue weighted by Crippen LogP contribution is 2.24. The van der Waals surface area contributed by atoms with Gasteiger partial charge in [-0.05, 0) is 18.4 Å². The monoisotopic (exact) mass is 291 g/mol. The number of carbonyl (C=O) groups excluding carboxylic acids is 1. The zero-order valence-corrected chi connectivity index (χ0v) is 12.2. The molecule has 106 valence electrons. The number of aromatic nitrogens is 1. The van der Waals surface area contributed by atoms with Crippen LogP contribution in [-0.2, 0) is 11.2 Å². The first kappa shape index (κ1) is 13.3. The summed E-state index contributed by atoms with van der Waals surface area (Å²) in [5.74, 6) is 1.46. The lowest BCUT2D eigenvalue weighted by molar-refractivity contribution is -0.131. The van der Waals surface area contributed by atoms with Gasteiger partial charge in [0.25, 0.3) is 0 Å². The summed E-state index contributed by atoms with van der Waals surface area (Å²) in [6.45, 7) is 5.14. The van der Waals surface area contributed by atoms with Gasteiger partial charge in [0.15, 0.2) is 0 Å². The Bertz CT molecular complexity index is 586. The third-order valence-electron chi connectivity index (χ3n) is 3.45. The van der Waals surface area contributed by atoms with Crippen LogP contribution >= 0.6 is 11.3 Å². The molecule has 5 nitrogen and oxygen atoms in total. The van der Waals surface area contributed by atoms with Gasteiger partial charge in [-0.25, -0.2) is 4.98 Å². The molecule has 0 saturated carbocycles. The van der Waals surface area contributed by atoms with Crippen LogP contribution in [0.3, 0.4) is 0 Å². The van der Waals surface area contributed by atoms with Crippen LogP contribution in [0.15, 0.2) is 21.2 Å². The summed E-state index contributed by atoms with van der Waals surface area (Å²) >= 11 is 1.60. The summed E-state index contributed by atoms with van der Waals surface area (Å²) in [5, 5.41) is 7.22. The number of thiophene rings is 1. The Labute approximate surface area is 121 Å². The van der Waals surface area contributed by atoms with E-state index < -0.39 is 0 Å². The van der Waals surface area contributed by atoms with E-state index >= 15 is 0 Å². The molecule has 1 amide bonds. The zero-order chi connectivity index (χ0) is 13.9. The fraction of sp³-hybridized carbons (Fsp3) is 0.429. The molecular weight excluding hydrogens is 274 g/mol. The van der Waals surface area contributed by atoms with E-state index in [0.717, 1.165) is 43.2 Å². The van der Waals surface area contributed by atoms with Crippen molar-refractivity contribution < 1.29 is 9.21 Å². The van der Waals surface area contributed by atoms with Crippen LogP contribution in [0.1, 0.15) is 11.5 Å². The molecule has 0 bridgehead atoms. The molecule has 20 heavy (non-hydrogen) atoms. The highest BCUT2D eigenvalue weighted by Gasteiger charge is 2.20. The van der Waals surface area contributed by atoms with Crippen molar-refractivity contribution in [3.63, 3.8) is 0 Å². The number of nitrogens with one attached hydrogen (secondary N) is 1. The number of hydrogen-bond acceptors (Lipinski definition) is 5. The van der Waals surface area contributed by atoms with Crippen LogP contribution < -0.4 is 5.32 Å². The van der Waals surface area contributed by atoms with E-state index in [1.807, 2.05) is 28.7 Å². The second kappa shape index (κ2) is 5.76. The molecule has 0 spiro atoms. The van der Waals surface area contributed by atoms with Crippen molar-refractivity contribution in [2.24, 2.45) is 0 Å². The molecule has 0 unspecified atom stereocenters. The molecule has 3 heterocycles. The number of hydrogen-bond donors (Lipinski definition) is 1. The first-order chi connectivity index (χ1) is 9.74. The van der Waals surface area contributed by atoms with Gasteiger partial charge in [0.05, 0.1) is 12.1 Å². The summed E-state index contributed by atoms with van der Waals surface area (Å²) in [6, 6.07) is 1.97. The fourth-order valence-corrected chi connectivity index (χ4v) is 2.90. The van der Waals surface area contributed by atoms with E-state index in [0.29, 0.717) is 12.3 Å². The van der Waals surface area contributed by atoms with Crippen molar-refractivity contribution >= 4 is 17.2 Å². The van der Waals surface area contributed by atoms with Gasteiger partial charge in [-0.1, -0.05) is 0 Å². The molecule has 0 radical (unpaired) electrons. The lowest BCUT2D eigenvalue weighted by atomic mass is 10.2. The first-order valence-corrected chi connectivity index (χ1v) is 7.65. The van der Waals surface area contributed by atoms with Gasteiger partial charge >= 0.3 is 0 Å². The molecule has 2 aromatic rings. The third kappa shape index (κ3) is 2.76. The maximum Gasteiger partial charge on any atom is 0.228 e. The average Bonchev–Trinajstić information content (AvgIpc) is 3.10. The lowest BCUT2D eigenvalue weighted by Crippen LogP contribution is -2.47. The molecule has 3 rings (SSSR count). The minimum atomic E-state index is 0.125. The fourth-order valence-electron chi connectivity index (χ4n) is 2.27. The molecular formula is C14H17N3O2S. The third-order valence-corrected chi connectivity index (χ3v) is 4.13. The Hall–Kier alpha value is -1.66. The zero-order valence-electron chi connectivity index (χ0n) is 11.4. The minimum Gasteiger partial charge on any atom is -0.441 e. The Morgan fingerprint density at radius 2 is 2.30 bits per heavy atom. The van der Waals surface area contributed by atoms with E-state index in [9.17, 15) is 4.79 Å². The van der Waals surface area contributed by atoms with Gasteiger partial charge in [-0.15, -0.1) is 0 Å². The van der Waals surface area contributed by atoms with Crippen LogP contribution in [0.5, 0.6) is 0 Å². The van der Waals surface area contributed by atoms with Gasteiger partial charge in [0.2, 0.25) is 11.8 Å². The van der Waals surface area contributed by atoms with Crippen molar-refractivity contribution in [3.8, 4) is 11.5 Å². The largest absolute Gasteiger partial charge is 0.441 e. The van der Waals surface area contributed by atoms with E-state index in [-0.39, 0.29) is 5.91 Å². The second-order valence-corrected chi connectivity index (χ2v) is 5.62. The molecule has 1 aliphatic heterocycles. The molecule has 6 heteroatoms. The molecule has 1 saturated heterocycles. The highest BCUT2D eigenvalue weighted by atomic mass is 32.1. The smallest absolute Gasteiger partial charge is 0.228 e. The number of carbonyl (C=O) groups is 1. The van der Waals surface area contributed by atoms with E-state index in [1.165, 1.54) is 0 Å². The van der Waals surface area contributed by atoms with Crippen LogP contribution in [0.4, 0.5) is 0 Å². The van der Waals surface area contributed by atoms with E-state index in [1.54, 1.807) is 11.3 Å². The Kier molecular flexibility index (Phi) is 3.84. The van der Waals surface area contributed by atoms with Gasteiger partial charge in [0, 0.05) is 37.1 Å².